The highest BCUT2D eigenvalue weighted by Gasteiger charge is 2.38. The Kier molecular flexibility index (Phi) is 6.50. The van der Waals surface area contributed by atoms with Crippen molar-refractivity contribution in [2.45, 2.75) is 45.0 Å². The largest absolute Gasteiger partial charge is 0.421 e. The summed E-state index contributed by atoms with van der Waals surface area (Å²) in [6.45, 7) is 1.88. The molecule has 0 fully saturated rings. The fourth-order valence-corrected chi connectivity index (χ4v) is 3.61. The van der Waals surface area contributed by atoms with Crippen molar-refractivity contribution in [2.24, 2.45) is 0 Å². The van der Waals surface area contributed by atoms with Crippen LogP contribution in [-0.4, -0.2) is 5.88 Å². The Morgan fingerprint density at radius 2 is 1.75 bits per heavy atom. The maximum absolute atomic E-state index is 15.2. The molecular formula is C23H23ClF2O2. The van der Waals surface area contributed by atoms with E-state index in [-0.39, 0.29) is 6.42 Å². The highest BCUT2D eigenvalue weighted by atomic mass is 35.5. The van der Waals surface area contributed by atoms with Crippen molar-refractivity contribution in [2.75, 3.05) is 5.88 Å². The van der Waals surface area contributed by atoms with Crippen LogP contribution in [0.3, 0.4) is 0 Å². The normalized spacial score (nSPS) is 11.9. The van der Waals surface area contributed by atoms with Gasteiger partial charge in [-0.15, -0.1) is 11.6 Å². The Hall–Kier alpha value is -2.20. The van der Waals surface area contributed by atoms with Gasteiger partial charge >= 0.3 is 11.5 Å². The van der Waals surface area contributed by atoms with E-state index in [1.165, 1.54) is 0 Å². The van der Waals surface area contributed by atoms with Gasteiger partial charge in [0.1, 0.15) is 0 Å². The van der Waals surface area contributed by atoms with Crippen LogP contribution in [-0.2, 0) is 18.8 Å². The lowest BCUT2D eigenvalue weighted by atomic mass is 9.94. The van der Waals surface area contributed by atoms with Gasteiger partial charge < -0.3 is 4.42 Å². The van der Waals surface area contributed by atoms with Gasteiger partial charge in [-0.3, -0.25) is 0 Å². The van der Waals surface area contributed by atoms with Crippen LogP contribution in [0.1, 0.15) is 41.7 Å². The van der Waals surface area contributed by atoms with Crippen LogP contribution < -0.4 is 5.63 Å². The van der Waals surface area contributed by atoms with E-state index in [0.29, 0.717) is 41.5 Å². The zero-order valence-corrected chi connectivity index (χ0v) is 16.6. The van der Waals surface area contributed by atoms with Crippen molar-refractivity contribution < 1.29 is 13.2 Å². The number of hydrogen-bond donors (Lipinski definition) is 0. The second-order valence-electron chi connectivity index (χ2n) is 7.08. The van der Waals surface area contributed by atoms with Gasteiger partial charge in [0.25, 0.3) is 0 Å². The number of fused-ring (bicyclic) bond motifs is 1. The smallest absolute Gasteiger partial charge is 0.344 e. The number of alkyl halides is 3. The Bertz CT molecular complexity index is 997. The highest BCUT2D eigenvalue weighted by molar-refractivity contribution is 6.17. The van der Waals surface area contributed by atoms with E-state index in [4.69, 9.17) is 16.0 Å². The van der Waals surface area contributed by atoms with E-state index >= 15 is 8.78 Å². The van der Waals surface area contributed by atoms with Crippen LogP contribution in [0.25, 0.3) is 10.8 Å². The maximum atomic E-state index is 15.2. The van der Waals surface area contributed by atoms with E-state index in [0.717, 1.165) is 11.1 Å². The second kappa shape index (κ2) is 8.87. The lowest BCUT2D eigenvalue weighted by Crippen LogP contribution is -2.21. The minimum absolute atomic E-state index is 0.199. The van der Waals surface area contributed by atoms with Gasteiger partial charge in [0.15, 0.2) is 5.76 Å². The molecule has 0 bridgehead atoms. The van der Waals surface area contributed by atoms with Gasteiger partial charge in [-0.2, -0.15) is 8.78 Å². The number of halogens is 3. The van der Waals surface area contributed by atoms with E-state index in [1.54, 1.807) is 18.2 Å². The number of unbranched alkanes of at least 4 members (excludes halogenated alkanes) is 1. The van der Waals surface area contributed by atoms with Crippen LogP contribution in [0.5, 0.6) is 0 Å². The van der Waals surface area contributed by atoms with Gasteiger partial charge in [0.2, 0.25) is 0 Å². The average Bonchev–Trinajstić information content (AvgIpc) is 2.68. The number of rotatable bonds is 8. The first-order valence-corrected chi connectivity index (χ1v) is 10.0. The molecule has 0 unspecified atom stereocenters. The summed E-state index contributed by atoms with van der Waals surface area (Å²) in [5.41, 5.74) is 1.44. The van der Waals surface area contributed by atoms with Crippen LogP contribution in [0, 0.1) is 6.92 Å². The summed E-state index contributed by atoms with van der Waals surface area (Å²) in [4.78, 5) is 12.4. The summed E-state index contributed by atoms with van der Waals surface area (Å²) in [6.07, 6.45) is 1.54. The molecule has 1 aromatic heterocycles. The molecule has 0 saturated heterocycles. The third-order valence-corrected chi connectivity index (χ3v) is 5.17. The molecule has 0 N–H and O–H groups in total. The minimum Gasteiger partial charge on any atom is -0.421 e. The summed E-state index contributed by atoms with van der Waals surface area (Å²) >= 11 is 5.76. The Morgan fingerprint density at radius 1 is 1.00 bits per heavy atom. The zero-order chi connectivity index (χ0) is 20.1. The molecule has 0 spiro atoms. The number of hydrogen-bond acceptors (Lipinski definition) is 2. The topological polar surface area (TPSA) is 30.2 Å². The van der Waals surface area contributed by atoms with Crippen molar-refractivity contribution in [1.82, 2.24) is 0 Å². The lowest BCUT2D eigenvalue weighted by molar-refractivity contribution is -0.0371. The molecule has 3 rings (SSSR count). The van der Waals surface area contributed by atoms with Gasteiger partial charge in [-0.05, 0) is 49.6 Å². The third-order valence-electron chi connectivity index (χ3n) is 4.90. The molecule has 0 aliphatic carbocycles. The van der Waals surface area contributed by atoms with Crippen LogP contribution in [0.4, 0.5) is 8.78 Å². The fraction of sp³-hybridized carbons (Fsp3) is 0.348. The Balaban J connectivity index is 2.04. The molecule has 0 saturated carbocycles. The first-order valence-electron chi connectivity index (χ1n) is 9.47. The second-order valence-corrected chi connectivity index (χ2v) is 7.46. The van der Waals surface area contributed by atoms with Crippen molar-refractivity contribution in [3.05, 3.63) is 81.4 Å². The van der Waals surface area contributed by atoms with E-state index in [9.17, 15) is 4.79 Å². The molecule has 0 atom stereocenters. The molecule has 0 aliphatic rings. The Morgan fingerprint density at radius 3 is 2.46 bits per heavy atom. The molecular weight excluding hydrogens is 382 g/mol. The molecule has 0 aliphatic heterocycles. The lowest BCUT2D eigenvalue weighted by Gasteiger charge is -2.20. The van der Waals surface area contributed by atoms with E-state index in [2.05, 4.69) is 0 Å². The SMILES string of the molecule is Cc1ccc2c(=O)oc(C(F)(F)CCc3ccccc3)c(CCCCCl)c2c1. The summed E-state index contributed by atoms with van der Waals surface area (Å²) in [6, 6.07) is 14.4. The first-order chi connectivity index (χ1) is 13.4. The quantitative estimate of drug-likeness (QED) is 0.321. The van der Waals surface area contributed by atoms with Gasteiger partial charge in [0, 0.05) is 17.9 Å². The summed E-state index contributed by atoms with van der Waals surface area (Å²) in [5, 5.41) is 0.897. The minimum atomic E-state index is -3.23. The van der Waals surface area contributed by atoms with Crippen LogP contribution in [0.15, 0.2) is 57.7 Å². The van der Waals surface area contributed by atoms with Gasteiger partial charge in [-0.25, -0.2) is 4.79 Å². The first kappa shape index (κ1) is 20.5. The third kappa shape index (κ3) is 4.61. The molecule has 0 radical (unpaired) electrons. The number of benzene rings is 2. The summed E-state index contributed by atoms with van der Waals surface area (Å²) in [7, 11) is 0. The summed E-state index contributed by atoms with van der Waals surface area (Å²) in [5.74, 6) is -3.27. The maximum Gasteiger partial charge on any atom is 0.344 e. The molecule has 5 heteroatoms. The zero-order valence-electron chi connectivity index (χ0n) is 15.8. The number of aryl methyl sites for hydroxylation is 3. The highest BCUT2D eigenvalue weighted by Crippen LogP contribution is 2.37. The van der Waals surface area contributed by atoms with Crippen LogP contribution >= 0.6 is 11.6 Å². The Labute approximate surface area is 168 Å². The predicted molar refractivity (Wildman–Crippen MR) is 110 cm³/mol. The van der Waals surface area contributed by atoms with Crippen LogP contribution in [0.2, 0.25) is 0 Å². The standard InChI is InChI=1S/C23H23ClF2O2/c1-16-10-11-19-20(15-16)18(9-5-6-14-24)21(28-22(19)27)23(25,26)13-12-17-7-3-2-4-8-17/h2-4,7-8,10-11,15H,5-6,9,12-14H2,1H3. The predicted octanol–water partition coefficient (Wildman–Crippen LogP) is 6.39. The average molecular weight is 405 g/mol. The fourth-order valence-electron chi connectivity index (χ4n) is 3.42. The van der Waals surface area contributed by atoms with Crippen molar-refractivity contribution in [3.63, 3.8) is 0 Å². The molecule has 3 aromatic rings. The molecule has 28 heavy (non-hydrogen) atoms. The van der Waals surface area contributed by atoms with Gasteiger partial charge in [0.05, 0.1) is 5.39 Å². The molecule has 148 valence electrons. The molecule has 1 heterocycles. The van der Waals surface area contributed by atoms with E-state index in [1.807, 2.05) is 37.3 Å². The van der Waals surface area contributed by atoms with Crippen molar-refractivity contribution >= 4 is 22.4 Å². The molecule has 0 amide bonds. The van der Waals surface area contributed by atoms with Gasteiger partial charge in [-0.1, -0.05) is 48.0 Å². The van der Waals surface area contributed by atoms with E-state index < -0.39 is 23.7 Å². The molecule has 2 aromatic carbocycles. The van der Waals surface area contributed by atoms with Crippen molar-refractivity contribution in [1.29, 1.82) is 0 Å². The summed E-state index contributed by atoms with van der Waals surface area (Å²) < 4.78 is 35.5. The monoisotopic (exact) mass is 404 g/mol. The molecule has 2 nitrogen and oxygen atoms in total. The van der Waals surface area contributed by atoms with Crippen molar-refractivity contribution in [3.8, 4) is 0 Å².